The molecule has 23 heavy (non-hydrogen) atoms. The molecule has 3 N–H and O–H groups in total. The summed E-state index contributed by atoms with van der Waals surface area (Å²) in [6.45, 7) is 0.0342. The van der Waals surface area contributed by atoms with Crippen LogP contribution in [0.15, 0.2) is 53.3 Å². The highest BCUT2D eigenvalue weighted by Crippen LogP contribution is 2.24. The topological polar surface area (TPSA) is 91.2 Å². The molecular formula is C16H14ClN3O3. The second-order valence-corrected chi connectivity index (χ2v) is 5.35. The van der Waals surface area contributed by atoms with Crippen molar-refractivity contribution in [3.63, 3.8) is 0 Å². The lowest BCUT2D eigenvalue weighted by molar-refractivity contribution is 0.0902. The largest absolute Gasteiger partial charge is 0.467 e. The minimum absolute atomic E-state index is 0.0342. The molecule has 7 heteroatoms. The quantitative estimate of drug-likeness (QED) is 0.670. The fourth-order valence-corrected chi connectivity index (χ4v) is 2.38. The third-order valence-corrected chi connectivity index (χ3v) is 3.56. The molecular weight excluding hydrogens is 318 g/mol. The first-order valence-electron chi connectivity index (χ1n) is 6.94. The maximum absolute atomic E-state index is 12.3. The summed E-state index contributed by atoms with van der Waals surface area (Å²) >= 11 is 5.98. The zero-order valence-corrected chi connectivity index (χ0v) is 12.7. The number of rotatable bonds is 5. The molecule has 1 aromatic carbocycles. The van der Waals surface area contributed by atoms with Crippen molar-refractivity contribution in [2.24, 2.45) is 0 Å². The number of aliphatic hydroxyl groups is 1. The SMILES string of the molecule is O=C(NC[C@H](O)c1ccco1)c1cn[nH]c1-c1cccc(Cl)c1. The van der Waals surface area contributed by atoms with Crippen molar-refractivity contribution in [2.75, 3.05) is 6.54 Å². The fourth-order valence-electron chi connectivity index (χ4n) is 2.19. The van der Waals surface area contributed by atoms with Crippen molar-refractivity contribution in [1.82, 2.24) is 15.5 Å². The number of carbonyl (C=O) groups excluding carboxylic acids is 1. The highest BCUT2D eigenvalue weighted by atomic mass is 35.5. The fraction of sp³-hybridized carbons (Fsp3) is 0.125. The molecule has 0 aliphatic rings. The van der Waals surface area contributed by atoms with Crippen LogP contribution in [-0.2, 0) is 0 Å². The van der Waals surface area contributed by atoms with E-state index in [9.17, 15) is 9.90 Å². The number of halogens is 1. The zero-order chi connectivity index (χ0) is 16.2. The lowest BCUT2D eigenvalue weighted by Gasteiger charge is -2.10. The molecule has 1 amide bonds. The third kappa shape index (κ3) is 3.44. The van der Waals surface area contributed by atoms with Crippen LogP contribution in [0.25, 0.3) is 11.3 Å². The van der Waals surface area contributed by atoms with Gasteiger partial charge in [0.1, 0.15) is 11.9 Å². The summed E-state index contributed by atoms with van der Waals surface area (Å²) in [4.78, 5) is 12.3. The molecule has 2 aromatic heterocycles. The van der Waals surface area contributed by atoms with Crippen LogP contribution in [0.2, 0.25) is 5.02 Å². The summed E-state index contributed by atoms with van der Waals surface area (Å²) in [5.41, 5.74) is 1.70. The van der Waals surface area contributed by atoms with Gasteiger partial charge in [0, 0.05) is 10.6 Å². The van der Waals surface area contributed by atoms with Crippen LogP contribution in [0.3, 0.4) is 0 Å². The Morgan fingerprint density at radius 2 is 2.26 bits per heavy atom. The number of carbonyl (C=O) groups is 1. The van der Waals surface area contributed by atoms with Crippen LogP contribution in [0.1, 0.15) is 22.2 Å². The lowest BCUT2D eigenvalue weighted by Crippen LogP contribution is -2.28. The Morgan fingerprint density at radius 3 is 3.00 bits per heavy atom. The van der Waals surface area contributed by atoms with E-state index in [1.807, 2.05) is 6.07 Å². The summed E-state index contributed by atoms with van der Waals surface area (Å²) in [6.07, 6.45) is 1.99. The molecule has 3 aromatic rings. The standard InChI is InChI=1S/C16H14ClN3O3/c17-11-4-1-3-10(7-11)15-12(8-19-20-15)16(22)18-9-13(21)14-5-2-6-23-14/h1-8,13,21H,9H2,(H,18,22)(H,19,20)/t13-/m0/s1. The Kier molecular flexibility index (Phi) is 4.45. The molecule has 2 heterocycles. The van der Waals surface area contributed by atoms with Crippen LogP contribution in [0.5, 0.6) is 0 Å². The minimum atomic E-state index is -0.907. The van der Waals surface area contributed by atoms with Gasteiger partial charge in [-0.2, -0.15) is 5.10 Å². The molecule has 0 bridgehead atoms. The van der Waals surface area contributed by atoms with Gasteiger partial charge >= 0.3 is 0 Å². The van der Waals surface area contributed by atoms with E-state index in [-0.39, 0.29) is 12.5 Å². The number of benzene rings is 1. The molecule has 0 fully saturated rings. The van der Waals surface area contributed by atoms with E-state index in [1.54, 1.807) is 30.3 Å². The monoisotopic (exact) mass is 331 g/mol. The van der Waals surface area contributed by atoms with Crippen LogP contribution < -0.4 is 5.32 Å². The van der Waals surface area contributed by atoms with E-state index in [2.05, 4.69) is 15.5 Å². The summed E-state index contributed by atoms with van der Waals surface area (Å²) in [5, 5.41) is 19.9. The molecule has 0 unspecified atom stereocenters. The first-order chi connectivity index (χ1) is 11.1. The second kappa shape index (κ2) is 6.68. The van der Waals surface area contributed by atoms with Gasteiger partial charge in [0.25, 0.3) is 5.91 Å². The Hall–Kier alpha value is -2.57. The molecule has 6 nitrogen and oxygen atoms in total. The first-order valence-corrected chi connectivity index (χ1v) is 7.32. The summed E-state index contributed by atoms with van der Waals surface area (Å²) in [5.74, 6) is 0.0480. The maximum Gasteiger partial charge on any atom is 0.255 e. The van der Waals surface area contributed by atoms with E-state index in [1.165, 1.54) is 12.5 Å². The molecule has 1 atom stereocenters. The van der Waals surface area contributed by atoms with Gasteiger partial charge in [0.05, 0.1) is 30.3 Å². The molecule has 0 radical (unpaired) electrons. The lowest BCUT2D eigenvalue weighted by atomic mass is 10.1. The zero-order valence-electron chi connectivity index (χ0n) is 12.0. The number of aromatic nitrogens is 2. The average Bonchev–Trinajstić information content (AvgIpc) is 3.23. The average molecular weight is 332 g/mol. The molecule has 0 aliphatic heterocycles. The number of nitrogens with one attached hydrogen (secondary N) is 2. The molecule has 118 valence electrons. The number of amides is 1. The van der Waals surface area contributed by atoms with E-state index in [0.717, 1.165) is 5.56 Å². The summed E-state index contributed by atoms with van der Waals surface area (Å²) in [6, 6.07) is 10.4. The predicted octanol–water partition coefficient (Wildman–Crippen LogP) is 2.79. The van der Waals surface area contributed by atoms with Crippen molar-refractivity contribution in [2.45, 2.75) is 6.10 Å². The Labute approximate surface area is 137 Å². The highest BCUT2D eigenvalue weighted by Gasteiger charge is 2.17. The van der Waals surface area contributed by atoms with Gasteiger partial charge in [-0.15, -0.1) is 0 Å². The van der Waals surface area contributed by atoms with E-state index in [0.29, 0.717) is 22.0 Å². The smallest absolute Gasteiger partial charge is 0.255 e. The number of aromatic amines is 1. The maximum atomic E-state index is 12.3. The number of hydrogen-bond donors (Lipinski definition) is 3. The molecule has 0 saturated carbocycles. The Balaban J connectivity index is 1.72. The predicted molar refractivity (Wildman–Crippen MR) is 85.0 cm³/mol. The van der Waals surface area contributed by atoms with Crippen LogP contribution >= 0.6 is 11.6 Å². The van der Waals surface area contributed by atoms with Crippen molar-refractivity contribution in [1.29, 1.82) is 0 Å². The van der Waals surface area contributed by atoms with Gasteiger partial charge in [0.2, 0.25) is 0 Å². The van der Waals surface area contributed by atoms with Crippen molar-refractivity contribution < 1.29 is 14.3 Å². The Bertz CT molecular complexity index is 799. The highest BCUT2D eigenvalue weighted by molar-refractivity contribution is 6.30. The molecule has 0 saturated heterocycles. The van der Waals surface area contributed by atoms with Gasteiger partial charge in [-0.05, 0) is 24.3 Å². The van der Waals surface area contributed by atoms with Gasteiger partial charge in [0.15, 0.2) is 0 Å². The van der Waals surface area contributed by atoms with Gasteiger partial charge < -0.3 is 14.8 Å². The van der Waals surface area contributed by atoms with Crippen molar-refractivity contribution >= 4 is 17.5 Å². The number of nitrogens with zero attached hydrogens (tertiary/aromatic N) is 1. The van der Waals surface area contributed by atoms with Crippen molar-refractivity contribution in [3.8, 4) is 11.3 Å². The van der Waals surface area contributed by atoms with E-state index >= 15 is 0 Å². The number of hydrogen-bond acceptors (Lipinski definition) is 4. The number of aliphatic hydroxyl groups excluding tert-OH is 1. The van der Waals surface area contributed by atoms with Crippen LogP contribution in [0.4, 0.5) is 0 Å². The van der Waals surface area contributed by atoms with Crippen LogP contribution in [0, 0.1) is 0 Å². The molecule has 0 spiro atoms. The minimum Gasteiger partial charge on any atom is -0.467 e. The van der Waals surface area contributed by atoms with Crippen molar-refractivity contribution in [3.05, 3.63) is 65.2 Å². The second-order valence-electron chi connectivity index (χ2n) is 4.91. The van der Waals surface area contributed by atoms with E-state index in [4.69, 9.17) is 16.0 Å². The summed E-state index contributed by atoms with van der Waals surface area (Å²) < 4.78 is 5.09. The first kappa shape index (κ1) is 15.3. The normalized spacial score (nSPS) is 12.1. The number of H-pyrrole nitrogens is 1. The number of furan rings is 1. The van der Waals surface area contributed by atoms with Crippen LogP contribution in [-0.4, -0.2) is 27.8 Å². The third-order valence-electron chi connectivity index (χ3n) is 3.32. The Morgan fingerprint density at radius 1 is 1.39 bits per heavy atom. The van der Waals surface area contributed by atoms with Gasteiger partial charge in [-0.3, -0.25) is 9.89 Å². The molecule has 0 aliphatic carbocycles. The summed E-state index contributed by atoms with van der Waals surface area (Å²) in [7, 11) is 0. The van der Waals surface area contributed by atoms with E-state index < -0.39 is 6.10 Å². The molecule has 3 rings (SSSR count). The van der Waals surface area contributed by atoms with Gasteiger partial charge in [-0.25, -0.2) is 0 Å². The van der Waals surface area contributed by atoms with Gasteiger partial charge in [-0.1, -0.05) is 23.7 Å².